The number of hydrogen-bond acceptors (Lipinski definition) is 8. The second-order valence-corrected chi connectivity index (χ2v) is 7.18. The molecule has 0 spiro atoms. The maximum absolute atomic E-state index is 10.4. The van der Waals surface area contributed by atoms with E-state index >= 15 is 0 Å². The molecule has 8 nitrogen and oxygen atoms in total. The molecule has 0 fully saturated rings. The molecule has 0 aliphatic heterocycles. The minimum absolute atomic E-state index is 0. The first-order valence-corrected chi connectivity index (χ1v) is 8.39. The van der Waals surface area contributed by atoms with E-state index in [4.69, 9.17) is 0 Å². The summed E-state index contributed by atoms with van der Waals surface area (Å²) in [6, 6.07) is 0. The van der Waals surface area contributed by atoms with Crippen molar-refractivity contribution in [3.05, 3.63) is 0 Å². The Labute approximate surface area is 125 Å². The Balaban J connectivity index is 0. The maximum Gasteiger partial charge on any atom is 2.00 e. The molecule has 0 atom stereocenters. The SMILES string of the molecule is CN(CCN(C)CCS(=O)(=O)[O-])CCS(=O)(=O)[O-].[Cu+2]. The maximum atomic E-state index is 10.4. The third-order valence-corrected chi connectivity index (χ3v) is 3.67. The van der Waals surface area contributed by atoms with Gasteiger partial charge in [0, 0.05) is 26.2 Å². The van der Waals surface area contributed by atoms with E-state index in [2.05, 4.69) is 0 Å². The summed E-state index contributed by atoms with van der Waals surface area (Å²) in [5, 5.41) is 0. The quantitative estimate of drug-likeness (QED) is 0.337. The van der Waals surface area contributed by atoms with Crippen LogP contribution in [0.25, 0.3) is 0 Å². The normalized spacial score (nSPS) is 12.7. The van der Waals surface area contributed by atoms with E-state index in [1.165, 1.54) is 0 Å². The van der Waals surface area contributed by atoms with E-state index in [-0.39, 0.29) is 30.2 Å². The molecule has 19 heavy (non-hydrogen) atoms. The Morgan fingerprint density at radius 1 is 0.737 bits per heavy atom. The van der Waals surface area contributed by atoms with Gasteiger partial charge in [-0.2, -0.15) is 0 Å². The molecule has 119 valence electrons. The van der Waals surface area contributed by atoms with Gasteiger partial charge in [-0.3, -0.25) is 0 Å². The molecule has 0 aromatic heterocycles. The van der Waals surface area contributed by atoms with Crippen LogP contribution in [0.1, 0.15) is 0 Å². The van der Waals surface area contributed by atoms with Gasteiger partial charge < -0.3 is 18.9 Å². The Kier molecular flexibility index (Phi) is 10.5. The fourth-order valence-corrected chi connectivity index (χ4v) is 2.17. The molecule has 0 saturated carbocycles. The number of likely N-dealkylation sites (N-methyl/N-ethyl adjacent to an activating group) is 2. The Morgan fingerprint density at radius 2 is 1.00 bits per heavy atom. The van der Waals surface area contributed by atoms with Crippen molar-refractivity contribution >= 4 is 20.2 Å². The van der Waals surface area contributed by atoms with Crippen LogP contribution < -0.4 is 0 Å². The molecular weight excluding hydrogens is 348 g/mol. The monoisotopic (exact) mass is 365 g/mol. The van der Waals surface area contributed by atoms with Crippen LogP contribution in [0.4, 0.5) is 0 Å². The summed E-state index contributed by atoms with van der Waals surface area (Å²) < 4.78 is 62.4. The summed E-state index contributed by atoms with van der Waals surface area (Å²) in [5.74, 6) is -0.912. The second-order valence-electron chi connectivity index (χ2n) is 4.13. The van der Waals surface area contributed by atoms with Crippen LogP contribution in [0.15, 0.2) is 0 Å². The molecule has 1 radical (unpaired) electrons. The topological polar surface area (TPSA) is 121 Å². The fourth-order valence-electron chi connectivity index (χ4n) is 1.10. The molecule has 0 amide bonds. The second kappa shape index (κ2) is 9.24. The molecule has 0 rings (SSSR count). The van der Waals surface area contributed by atoms with E-state index in [1.807, 2.05) is 0 Å². The number of nitrogens with zero attached hydrogens (tertiary/aromatic N) is 2. The van der Waals surface area contributed by atoms with E-state index in [1.54, 1.807) is 23.9 Å². The van der Waals surface area contributed by atoms with Crippen molar-refractivity contribution in [2.24, 2.45) is 0 Å². The predicted molar refractivity (Wildman–Crippen MR) is 64.1 cm³/mol. The Hall–Kier alpha value is 0.259. The van der Waals surface area contributed by atoms with Crippen molar-refractivity contribution < 1.29 is 43.0 Å². The minimum Gasteiger partial charge on any atom is -0.748 e. The van der Waals surface area contributed by atoms with E-state index in [9.17, 15) is 25.9 Å². The summed E-state index contributed by atoms with van der Waals surface area (Å²) >= 11 is 0. The van der Waals surface area contributed by atoms with Crippen molar-refractivity contribution in [1.29, 1.82) is 0 Å². The summed E-state index contributed by atoms with van der Waals surface area (Å²) in [6.45, 7) is 1.20. The van der Waals surface area contributed by atoms with Gasteiger partial charge in [0.15, 0.2) is 0 Å². The predicted octanol–water partition coefficient (Wildman–Crippen LogP) is -2.06. The third-order valence-electron chi connectivity index (χ3n) is 2.31. The van der Waals surface area contributed by atoms with Gasteiger partial charge in [-0.25, -0.2) is 16.8 Å². The van der Waals surface area contributed by atoms with Crippen molar-refractivity contribution in [3.63, 3.8) is 0 Å². The van der Waals surface area contributed by atoms with Crippen LogP contribution in [-0.2, 0) is 37.3 Å². The van der Waals surface area contributed by atoms with Crippen molar-refractivity contribution in [2.75, 3.05) is 51.8 Å². The minimum atomic E-state index is -4.21. The molecule has 0 bridgehead atoms. The molecule has 0 N–H and O–H groups in total. The van der Waals surface area contributed by atoms with Gasteiger partial charge in [0.1, 0.15) is 0 Å². The summed E-state index contributed by atoms with van der Waals surface area (Å²) in [4.78, 5) is 3.30. The van der Waals surface area contributed by atoms with Crippen molar-refractivity contribution in [1.82, 2.24) is 9.80 Å². The van der Waals surface area contributed by atoms with Crippen LogP contribution in [0.5, 0.6) is 0 Å². The summed E-state index contributed by atoms with van der Waals surface area (Å²) in [7, 11) is -5.11. The average molecular weight is 366 g/mol. The van der Waals surface area contributed by atoms with E-state index in [0.29, 0.717) is 13.1 Å². The van der Waals surface area contributed by atoms with Gasteiger partial charge >= 0.3 is 17.1 Å². The van der Waals surface area contributed by atoms with Gasteiger partial charge in [0.05, 0.1) is 31.7 Å². The van der Waals surface area contributed by atoms with Crippen LogP contribution >= 0.6 is 0 Å². The molecule has 0 unspecified atom stereocenters. The molecule has 0 aliphatic carbocycles. The van der Waals surface area contributed by atoms with Crippen LogP contribution in [0.2, 0.25) is 0 Å². The van der Waals surface area contributed by atoms with Gasteiger partial charge in [-0.1, -0.05) is 0 Å². The standard InChI is InChI=1S/C8H20N2O6S2.Cu/c1-9(5-7-17(11,12)13)3-4-10(2)6-8-18(14,15)16;/h3-8H2,1-2H3,(H,11,12,13)(H,14,15,16);/q;+2/p-2. The Morgan fingerprint density at radius 3 is 1.21 bits per heavy atom. The van der Waals surface area contributed by atoms with Crippen LogP contribution in [-0.4, -0.2) is 87.5 Å². The van der Waals surface area contributed by atoms with E-state index in [0.717, 1.165) is 0 Å². The zero-order chi connectivity index (χ0) is 14.4. The summed E-state index contributed by atoms with van der Waals surface area (Å²) in [6.07, 6.45) is 0. The Bertz CT molecular complexity index is 396. The molecule has 0 aliphatic rings. The molecule has 0 heterocycles. The zero-order valence-corrected chi connectivity index (χ0v) is 13.3. The fraction of sp³-hybridized carbons (Fsp3) is 1.00. The zero-order valence-electron chi connectivity index (χ0n) is 10.7. The van der Waals surface area contributed by atoms with Gasteiger partial charge in [0.25, 0.3) is 0 Å². The first kappa shape index (κ1) is 21.6. The first-order chi connectivity index (χ1) is 7.99. The van der Waals surface area contributed by atoms with Crippen molar-refractivity contribution in [2.45, 2.75) is 0 Å². The van der Waals surface area contributed by atoms with E-state index < -0.39 is 31.7 Å². The molecule has 0 aromatic carbocycles. The first-order valence-electron chi connectivity index (χ1n) is 5.24. The molecule has 11 heteroatoms. The largest absolute Gasteiger partial charge is 2.00 e. The number of hydrogen-bond donors (Lipinski definition) is 0. The molecule has 0 saturated heterocycles. The third kappa shape index (κ3) is 16.2. The molecular formula is C8H18CuN2O6S2. The smallest absolute Gasteiger partial charge is 0.748 e. The van der Waals surface area contributed by atoms with Gasteiger partial charge in [-0.15, -0.1) is 0 Å². The number of rotatable bonds is 9. The van der Waals surface area contributed by atoms with Crippen LogP contribution in [0, 0.1) is 0 Å². The summed E-state index contributed by atoms with van der Waals surface area (Å²) in [5.41, 5.74) is 0. The average Bonchev–Trinajstić information content (AvgIpc) is 2.18. The van der Waals surface area contributed by atoms with Gasteiger partial charge in [-0.05, 0) is 14.1 Å². The van der Waals surface area contributed by atoms with Crippen molar-refractivity contribution in [3.8, 4) is 0 Å². The van der Waals surface area contributed by atoms with Crippen LogP contribution in [0.3, 0.4) is 0 Å². The van der Waals surface area contributed by atoms with Gasteiger partial charge in [0.2, 0.25) is 0 Å². The molecule has 0 aromatic rings.